The second-order valence-electron chi connectivity index (χ2n) is 5.68. The van der Waals surface area contributed by atoms with Gasteiger partial charge in [-0.1, -0.05) is 60.7 Å². The lowest BCUT2D eigenvalue weighted by Gasteiger charge is -2.13. The molecule has 2 heterocycles. The number of rotatable bonds is 3. The summed E-state index contributed by atoms with van der Waals surface area (Å²) < 4.78 is 1.66. The normalized spacial score (nSPS) is 12.4. The Kier molecular flexibility index (Phi) is 3.46. The van der Waals surface area contributed by atoms with Crippen LogP contribution in [0.2, 0.25) is 0 Å². The zero-order valence-corrected chi connectivity index (χ0v) is 13.2. The zero-order chi connectivity index (χ0) is 16.5. The van der Waals surface area contributed by atoms with E-state index in [1.54, 1.807) is 10.8 Å². The number of benzene rings is 2. The molecule has 0 aliphatic carbocycles. The molecule has 0 aliphatic heterocycles. The van der Waals surface area contributed by atoms with Crippen LogP contribution in [0.3, 0.4) is 0 Å². The van der Waals surface area contributed by atoms with Crippen molar-refractivity contribution in [1.29, 1.82) is 0 Å². The number of H-pyrrole nitrogens is 1. The van der Waals surface area contributed by atoms with Gasteiger partial charge in [0.05, 0.1) is 17.9 Å². The highest BCUT2D eigenvalue weighted by Gasteiger charge is 2.17. The number of fused-ring (bicyclic) bond motifs is 1. The van der Waals surface area contributed by atoms with Gasteiger partial charge in [0.15, 0.2) is 11.3 Å². The fourth-order valence-corrected chi connectivity index (χ4v) is 2.88. The smallest absolute Gasteiger partial charge is 0.289 e. The van der Waals surface area contributed by atoms with Crippen molar-refractivity contribution in [3.63, 3.8) is 0 Å². The lowest BCUT2D eigenvalue weighted by Crippen LogP contribution is -2.21. The van der Waals surface area contributed by atoms with Gasteiger partial charge in [-0.25, -0.2) is 14.8 Å². The summed E-state index contributed by atoms with van der Waals surface area (Å²) in [5.41, 5.74) is 3.63. The van der Waals surface area contributed by atoms with Gasteiger partial charge in [0.25, 0.3) is 0 Å². The first-order chi connectivity index (χ1) is 11.7. The predicted octanol–water partition coefficient (Wildman–Crippen LogP) is 3.40. The van der Waals surface area contributed by atoms with Crippen LogP contribution in [0.25, 0.3) is 22.6 Å². The first-order valence-electron chi connectivity index (χ1n) is 7.81. The van der Waals surface area contributed by atoms with E-state index in [2.05, 4.69) is 15.0 Å². The maximum atomic E-state index is 12.4. The number of imidazole rings is 1. The van der Waals surface area contributed by atoms with Crippen LogP contribution in [0.4, 0.5) is 0 Å². The van der Waals surface area contributed by atoms with Crippen LogP contribution in [0.5, 0.6) is 0 Å². The molecule has 0 aliphatic rings. The van der Waals surface area contributed by atoms with E-state index in [9.17, 15) is 4.79 Å². The number of nitrogens with one attached hydrogen (secondary N) is 1. The number of hydrogen-bond donors (Lipinski definition) is 1. The summed E-state index contributed by atoms with van der Waals surface area (Å²) in [5, 5.41) is 0. The van der Waals surface area contributed by atoms with Crippen molar-refractivity contribution in [2.45, 2.75) is 13.0 Å². The topological polar surface area (TPSA) is 63.6 Å². The third kappa shape index (κ3) is 2.40. The molecule has 0 fully saturated rings. The molecule has 1 N–H and O–H groups in total. The highest BCUT2D eigenvalue weighted by atomic mass is 16.1. The van der Waals surface area contributed by atoms with E-state index in [1.165, 1.54) is 0 Å². The zero-order valence-electron chi connectivity index (χ0n) is 13.2. The van der Waals surface area contributed by atoms with E-state index in [0.29, 0.717) is 11.3 Å². The monoisotopic (exact) mass is 316 g/mol. The second-order valence-corrected chi connectivity index (χ2v) is 5.68. The van der Waals surface area contributed by atoms with Crippen LogP contribution >= 0.6 is 0 Å². The third-order valence-corrected chi connectivity index (χ3v) is 4.17. The summed E-state index contributed by atoms with van der Waals surface area (Å²) in [7, 11) is 0. The van der Waals surface area contributed by atoms with Crippen molar-refractivity contribution in [1.82, 2.24) is 19.5 Å². The van der Waals surface area contributed by atoms with Crippen LogP contribution in [-0.2, 0) is 0 Å². The molecule has 0 saturated carbocycles. The van der Waals surface area contributed by atoms with Crippen molar-refractivity contribution in [2.24, 2.45) is 0 Å². The third-order valence-electron chi connectivity index (χ3n) is 4.17. The van der Waals surface area contributed by atoms with E-state index in [-0.39, 0.29) is 11.7 Å². The molecule has 0 radical (unpaired) electrons. The van der Waals surface area contributed by atoms with Crippen LogP contribution in [-0.4, -0.2) is 19.5 Å². The maximum absolute atomic E-state index is 12.4. The van der Waals surface area contributed by atoms with Gasteiger partial charge in [-0.2, -0.15) is 0 Å². The Labute approximate surface area is 138 Å². The molecule has 1 atom stereocenters. The number of nitrogens with zero attached hydrogens (tertiary/aromatic N) is 3. The standard InChI is InChI=1S/C19H16N4O/c1-13(14-8-4-2-5-9-14)23-18-17(22-19(23)24)20-12-16(21-18)15-10-6-3-7-11-15/h2-13H,1H3,(H,20,22,24)/t13-/m0/s1. The molecular formula is C19H16N4O. The van der Waals surface area contributed by atoms with E-state index in [1.807, 2.05) is 67.6 Å². The van der Waals surface area contributed by atoms with Crippen LogP contribution < -0.4 is 5.69 Å². The second kappa shape index (κ2) is 5.77. The Balaban J connectivity index is 1.89. The number of aromatic amines is 1. The summed E-state index contributed by atoms with van der Waals surface area (Å²) in [6, 6.07) is 19.6. The molecule has 118 valence electrons. The van der Waals surface area contributed by atoms with Gasteiger partial charge >= 0.3 is 5.69 Å². The van der Waals surface area contributed by atoms with Crippen LogP contribution in [0.1, 0.15) is 18.5 Å². The van der Waals surface area contributed by atoms with Crippen molar-refractivity contribution in [2.75, 3.05) is 0 Å². The molecule has 4 aromatic rings. The molecule has 0 bridgehead atoms. The van der Waals surface area contributed by atoms with Crippen molar-refractivity contribution in [3.05, 3.63) is 82.9 Å². The van der Waals surface area contributed by atoms with Crippen LogP contribution in [0.15, 0.2) is 71.7 Å². The minimum absolute atomic E-state index is 0.132. The molecule has 0 unspecified atom stereocenters. The quantitative estimate of drug-likeness (QED) is 0.630. The lowest BCUT2D eigenvalue weighted by atomic mass is 10.1. The summed E-state index contributed by atoms with van der Waals surface area (Å²) in [6.45, 7) is 1.99. The first-order valence-corrected chi connectivity index (χ1v) is 7.81. The predicted molar refractivity (Wildman–Crippen MR) is 93.8 cm³/mol. The molecule has 24 heavy (non-hydrogen) atoms. The lowest BCUT2D eigenvalue weighted by molar-refractivity contribution is 0.631. The van der Waals surface area contributed by atoms with Gasteiger partial charge < -0.3 is 0 Å². The van der Waals surface area contributed by atoms with Gasteiger partial charge in [0.1, 0.15) is 0 Å². The van der Waals surface area contributed by atoms with Crippen LogP contribution in [0, 0.1) is 0 Å². The maximum Gasteiger partial charge on any atom is 0.329 e. The molecule has 2 aromatic carbocycles. The van der Waals surface area contributed by atoms with E-state index in [4.69, 9.17) is 0 Å². The van der Waals surface area contributed by atoms with Gasteiger partial charge in [-0.3, -0.25) is 9.55 Å². The largest absolute Gasteiger partial charge is 0.329 e. The minimum Gasteiger partial charge on any atom is -0.289 e. The van der Waals surface area contributed by atoms with Crippen molar-refractivity contribution in [3.8, 4) is 11.3 Å². The van der Waals surface area contributed by atoms with E-state index in [0.717, 1.165) is 16.8 Å². The average Bonchev–Trinajstić information content (AvgIpc) is 2.97. The molecule has 0 saturated heterocycles. The average molecular weight is 316 g/mol. The number of aromatic nitrogens is 4. The van der Waals surface area contributed by atoms with Gasteiger partial charge in [0, 0.05) is 5.56 Å². The molecule has 2 aromatic heterocycles. The molecule has 5 heteroatoms. The van der Waals surface area contributed by atoms with E-state index < -0.39 is 0 Å². The van der Waals surface area contributed by atoms with Gasteiger partial charge in [0.2, 0.25) is 0 Å². The summed E-state index contributed by atoms with van der Waals surface area (Å²) in [5.74, 6) is 0. The Morgan fingerprint density at radius 1 is 1.00 bits per heavy atom. The Morgan fingerprint density at radius 3 is 2.38 bits per heavy atom. The Bertz CT molecular complexity index is 1040. The highest BCUT2D eigenvalue weighted by molar-refractivity contribution is 5.71. The molecule has 0 spiro atoms. The SMILES string of the molecule is C[C@@H](c1ccccc1)n1c(=O)[nH]c2ncc(-c3ccccc3)nc21. The Morgan fingerprint density at radius 2 is 1.67 bits per heavy atom. The van der Waals surface area contributed by atoms with Crippen molar-refractivity contribution >= 4 is 11.3 Å². The Hall–Kier alpha value is -3.21. The summed E-state index contributed by atoms with van der Waals surface area (Å²) >= 11 is 0. The first kappa shape index (κ1) is 14.4. The van der Waals surface area contributed by atoms with Gasteiger partial charge in [-0.05, 0) is 12.5 Å². The molecule has 4 rings (SSSR count). The molecule has 5 nitrogen and oxygen atoms in total. The fraction of sp³-hybridized carbons (Fsp3) is 0.105. The summed E-state index contributed by atoms with van der Waals surface area (Å²) in [4.78, 5) is 24.3. The molecule has 0 amide bonds. The van der Waals surface area contributed by atoms with Gasteiger partial charge in [-0.15, -0.1) is 0 Å². The highest BCUT2D eigenvalue weighted by Crippen LogP contribution is 2.22. The van der Waals surface area contributed by atoms with E-state index >= 15 is 0 Å². The van der Waals surface area contributed by atoms with Crippen molar-refractivity contribution < 1.29 is 0 Å². The minimum atomic E-state index is -0.202. The molecular weight excluding hydrogens is 300 g/mol. The fourth-order valence-electron chi connectivity index (χ4n) is 2.88. The summed E-state index contributed by atoms with van der Waals surface area (Å²) in [6.07, 6.45) is 1.69. The number of hydrogen-bond acceptors (Lipinski definition) is 3.